The maximum atomic E-state index is 13.2. The van der Waals surface area contributed by atoms with Gasteiger partial charge in [0, 0.05) is 41.7 Å². The molecule has 0 bridgehead atoms. The summed E-state index contributed by atoms with van der Waals surface area (Å²) in [4.78, 5) is 59.8. The molecule has 0 aliphatic carbocycles. The second-order valence-electron chi connectivity index (χ2n) is 9.44. The van der Waals surface area contributed by atoms with Crippen LogP contribution in [-0.2, 0) is 30.6 Å². The SMILES string of the molecule is C[C@H](N)CNc1cc[n+](CC2=C(C(=O)O)N3C(=O)[C@@H](NC(=O)C(=NO[C@@H](C)C(=O)O)c4nc(N)sc4Cl)[C@H]3SC2)cc1. The first-order valence-electron chi connectivity index (χ1n) is 12.5. The topological polar surface area (TPSA) is 226 Å². The number of amides is 2. The van der Waals surface area contributed by atoms with Crippen LogP contribution < -0.4 is 26.7 Å². The summed E-state index contributed by atoms with van der Waals surface area (Å²) in [7, 11) is 0. The van der Waals surface area contributed by atoms with Crippen LogP contribution in [0.1, 0.15) is 19.5 Å². The van der Waals surface area contributed by atoms with E-state index in [2.05, 4.69) is 20.8 Å². The molecule has 42 heavy (non-hydrogen) atoms. The number of hydrogen-bond acceptors (Lipinski definition) is 12. The number of pyridine rings is 1. The van der Waals surface area contributed by atoms with Crippen molar-refractivity contribution in [1.29, 1.82) is 0 Å². The molecular weight excluding hydrogens is 612 g/mol. The first kappa shape index (κ1) is 31.0. The number of aliphatic carboxylic acids is 2. The zero-order valence-electron chi connectivity index (χ0n) is 22.3. The van der Waals surface area contributed by atoms with Gasteiger partial charge in [-0.15, -0.1) is 11.8 Å². The van der Waals surface area contributed by atoms with Gasteiger partial charge in [0.15, 0.2) is 29.8 Å². The van der Waals surface area contributed by atoms with Gasteiger partial charge in [0.1, 0.15) is 27.1 Å². The number of carbonyl (C=O) groups is 4. The molecular formula is C24H28ClN8O7S2+. The molecule has 2 aromatic heterocycles. The lowest BCUT2D eigenvalue weighted by Crippen LogP contribution is -2.71. The van der Waals surface area contributed by atoms with Gasteiger partial charge in [-0.05, 0) is 13.8 Å². The number of carbonyl (C=O) groups excluding carboxylic acids is 2. The van der Waals surface area contributed by atoms with Gasteiger partial charge in [-0.25, -0.2) is 19.1 Å². The number of rotatable bonds is 12. The molecule has 4 atom stereocenters. The zero-order valence-corrected chi connectivity index (χ0v) is 24.7. The van der Waals surface area contributed by atoms with Crippen molar-refractivity contribution >= 4 is 75.0 Å². The molecule has 2 aliphatic heterocycles. The summed E-state index contributed by atoms with van der Waals surface area (Å²) in [5, 5.41) is 27.8. The Bertz CT molecular complexity index is 1460. The van der Waals surface area contributed by atoms with Crippen LogP contribution in [0.3, 0.4) is 0 Å². The molecule has 1 saturated heterocycles. The maximum Gasteiger partial charge on any atom is 0.352 e. The first-order chi connectivity index (χ1) is 19.9. The van der Waals surface area contributed by atoms with E-state index in [0.29, 0.717) is 12.1 Å². The van der Waals surface area contributed by atoms with E-state index in [-0.39, 0.29) is 39.2 Å². The van der Waals surface area contributed by atoms with Crippen LogP contribution in [0.4, 0.5) is 10.8 Å². The molecule has 0 aromatic carbocycles. The third-order valence-corrected chi connectivity index (χ3v) is 8.54. The van der Waals surface area contributed by atoms with Gasteiger partial charge in [-0.2, -0.15) is 0 Å². The van der Waals surface area contributed by atoms with E-state index in [1.807, 2.05) is 19.1 Å². The molecule has 0 radical (unpaired) electrons. The summed E-state index contributed by atoms with van der Waals surface area (Å²) in [6.07, 6.45) is 2.18. The fourth-order valence-electron chi connectivity index (χ4n) is 4.03. The average molecular weight is 640 g/mol. The molecule has 8 N–H and O–H groups in total. The second-order valence-corrected chi connectivity index (χ2v) is 12.2. The van der Waals surface area contributed by atoms with Crippen molar-refractivity contribution in [2.45, 2.75) is 44.0 Å². The molecule has 4 rings (SSSR count). The number of aromatic nitrogens is 2. The monoisotopic (exact) mass is 639 g/mol. The molecule has 2 amide bonds. The lowest BCUT2D eigenvalue weighted by Gasteiger charge is -2.49. The van der Waals surface area contributed by atoms with Crippen LogP contribution in [0.5, 0.6) is 0 Å². The van der Waals surface area contributed by atoms with E-state index < -0.39 is 47.0 Å². The van der Waals surface area contributed by atoms with Crippen molar-refractivity contribution in [1.82, 2.24) is 15.2 Å². The summed E-state index contributed by atoms with van der Waals surface area (Å²) in [5.41, 5.74) is 12.0. The molecule has 15 nitrogen and oxygen atoms in total. The van der Waals surface area contributed by atoms with Gasteiger partial charge in [0.05, 0.1) is 0 Å². The Hall–Kier alpha value is -3.93. The summed E-state index contributed by atoms with van der Waals surface area (Å²) in [5.74, 6) is -3.89. The molecule has 1 fully saturated rings. The lowest BCUT2D eigenvalue weighted by molar-refractivity contribution is -0.688. The maximum absolute atomic E-state index is 13.2. The number of carboxylic acids is 2. The Morgan fingerprint density at radius 3 is 2.57 bits per heavy atom. The lowest BCUT2D eigenvalue weighted by atomic mass is 10.0. The molecule has 0 saturated carbocycles. The van der Waals surface area contributed by atoms with E-state index >= 15 is 0 Å². The highest BCUT2D eigenvalue weighted by Gasteiger charge is 2.55. The van der Waals surface area contributed by atoms with Gasteiger partial charge in [0.25, 0.3) is 11.8 Å². The Morgan fingerprint density at radius 1 is 1.31 bits per heavy atom. The van der Waals surface area contributed by atoms with Gasteiger partial charge in [-0.1, -0.05) is 28.1 Å². The smallest absolute Gasteiger partial charge is 0.352 e. The Kier molecular flexibility index (Phi) is 9.55. The number of fused-ring (bicyclic) bond motifs is 1. The number of nitrogens with zero attached hydrogens (tertiary/aromatic N) is 4. The van der Waals surface area contributed by atoms with Gasteiger partial charge in [0.2, 0.25) is 6.10 Å². The molecule has 224 valence electrons. The van der Waals surface area contributed by atoms with Gasteiger partial charge in [-0.3, -0.25) is 14.5 Å². The van der Waals surface area contributed by atoms with Crippen LogP contribution >= 0.6 is 34.7 Å². The Morgan fingerprint density at radius 2 is 2.00 bits per heavy atom. The number of carboxylic acid groups (broad SMARTS) is 2. The summed E-state index contributed by atoms with van der Waals surface area (Å²) in [6, 6.07) is 2.56. The van der Waals surface area contributed by atoms with Crippen molar-refractivity contribution in [2.75, 3.05) is 23.3 Å². The number of thioether (sulfide) groups is 1. The fourth-order valence-corrected chi connectivity index (χ4v) is 6.29. The number of nitrogen functional groups attached to an aromatic ring is 1. The number of β-lactam (4-membered cyclic amide) rings is 1. The standard InChI is InChI=1S/C24H27ClN8O7S2/c1-10(26)7-28-13-3-5-32(6-4-13)8-12-9-41-21-16(20(35)33(21)17(12)23(38)39)29-19(34)15(31-40-11(2)22(36)37)14-18(25)42-24(27)30-14/h3-6,10-11,16,21H,7-9,26H2,1-2H3,(H5,27,29,30,34,36,37,38,39)/p+1/t10-,11-,16+,21+/m0/s1. The Labute approximate surface area is 252 Å². The molecule has 2 aromatic rings. The number of oxime groups is 1. The third kappa shape index (κ3) is 6.75. The predicted octanol–water partition coefficient (Wildman–Crippen LogP) is 0.0579. The van der Waals surface area contributed by atoms with E-state index in [1.54, 1.807) is 17.0 Å². The van der Waals surface area contributed by atoms with Crippen LogP contribution in [0.15, 0.2) is 41.0 Å². The molecule has 0 unspecified atom stereocenters. The van der Waals surface area contributed by atoms with E-state index in [0.717, 1.165) is 21.9 Å². The number of hydrogen-bond donors (Lipinski definition) is 6. The molecule has 18 heteroatoms. The van der Waals surface area contributed by atoms with Gasteiger partial charge >= 0.3 is 11.9 Å². The first-order valence-corrected chi connectivity index (χ1v) is 14.7. The Balaban J connectivity index is 1.51. The zero-order chi connectivity index (χ0) is 30.7. The van der Waals surface area contributed by atoms with Crippen LogP contribution in [0.2, 0.25) is 4.34 Å². The van der Waals surface area contributed by atoms with Gasteiger partial charge < -0.3 is 37.2 Å². The normalized spacial score (nSPS) is 19.9. The van der Waals surface area contributed by atoms with Crippen LogP contribution in [0.25, 0.3) is 0 Å². The molecule has 0 spiro atoms. The van der Waals surface area contributed by atoms with E-state index in [9.17, 15) is 24.3 Å². The minimum atomic E-state index is -1.40. The average Bonchev–Trinajstić information content (AvgIpc) is 3.27. The third-order valence-electron chi connectivity index (χ3n) is 6.12. The predicted molar refractivity (Wildman–Crippen MR) is 155 cm³/mol. The number of halogens is 1. The molecule has 4 heterocycles. The highest BCUT2D eigenvalue weighted by atomic mass is 35.5. The van der Waals surface area contributed by atoms with Crippen molar-refractivity contribution in [3.05, 3.63) is 45.8 Å². The fraction of sp³-hybridized carbons (Fsp3) is 0.375. The second kappa shape index (κ2) is 12.9. The summed E-state index contributed by atoms with van der Waals surface area (Å²) < 4.78 is 1.79. The van der Waals surface area contributed by atoms with E-state index in [4.69, 9.17) is 33.0 Å². The highest BCUT2D eigenvalue weighted by Crippen LogP contribution is 2.40. The van der Waals surface area contributed by atoms with Crippen LogP contribution in [-0.4, -0.2) is 85.4 Å². The number of anilines is 2. The van der Waals surface area contributed by atoms with E-state index in [1.165, 1.54) is 18.7 Å². The minimum Gasteiger partial charge on any atom is -0.478 e. The number of thiazole rings is 1. The van der Waals surface area contributed by atoms with Crippen molar-refractivity contribution in [3.63, 3.8) is 0 Å². The molecule has 2 aliphatic rings. The highest BCUT2D eigenvalue weighted by molar-refractivity contribution is 8.00. The van der Waals surface area contributed by atoms with Crippen LogP contribution in [0, 0.1) is 0 Å². The number of nitrogens with one attached hydrogen (secondary N) is 2. The summed E-state index contributed by atoms with van der Waals surface area (Å²) in [6.45, 7) is 3.91. The quantitative estimate of drug-likeness (QED) is 0.0784. The van der Waals surface area contributed by atoms with Crippen molar-refractivity contribution in [2.24, 2.45) is 10.9 Å². The van der Waals surface area contributed by atoms with Crippen molar-refractivity contribution < 1.29 is 38.8 Å². The minimum absolute atomic E-state index is 0.00225. The van der Waals surface area contributed by atoms with Crippen molar-refractivity contribution in [3.8, 4) is 0 Å². The largest absolute Gasteiger partial charge is 0.478 e. The number of nitrogens with two attached hydrogens (primary N) is 2. The summed E-state index contributed by atoms with van der Waals surface area (Å²) >= 11 is 8.29.